The Kier molecular flexibility index (Phi) is 4.20. The Morgan fingerprint density at radius 3 is 2.55 bits per heavy atom. The number of rotatable bonds is 5. The number of ether oxygens (including phenoxy) is 1. The predicted octanol–water partition coefficient (Wildman–Crippen LogP) is 3.21. The summed E-state index contributed by atoms with van der Waals surface area (Å²) in [6.07, 6.45) is -0.0242. The number of nitrogens with one attached hydrogen (secondary N) is 1. The van der Waals surface area contributed by atoms with Gasteiger partial charge < -0.3 is 15.2 Å². The number of hydrogen-bond donors (Lipinski definition) is 2. The fraction of sp³-hybridized carbons (Fsp3) is 0.133. The van der Waals surface area contributed by atoms with Crippen molar-refractivity contribution in [1.29, 1.82) is 0 Å². The first-order valence-electron chi connectivity index (χ1n) is 6.00. The van der Waals surface area contributed by atoms with Gasteiger partial charge in [-0.15, -0.1) is 0 Å². The molecular weight excluding hydrogens is 261 g/mol. The topological polar surface area (TPSA) is 58.6 Å². The predicted molar refractivity (Wildman–Crippen MR) is 74.0 cm³/mol. The summed E-state index contributed by atoms with van der Waals surface area (Å²) in [5.41, 5.74) is 1.94. The largest absolute Gasteiger partial charge is 0.495 e. The summed E-state index contributed by atoms with van der Waals surface area (Å²) in [6.45, 7) is 0. The maximum Gasteiger partial charge on any atom is 0.307 e. The average Bonchev–Trinajstić information content (AvgIpc) is 2.41. The third-order valence-corrected chi connectivity index (χ3v) is 2.75. The standard InChI is InChI=1S/C15H14FNO3/c1-20-14-7-4-11(16)9-13(14)17-12-5-2-10(3-6-12)8-15(18)19/h2-7,9,17H,8H2,1H3,(H,18,19). The Hall–Kier alpha value is -2.56. The van der Waals surface area contributed by atoms with Crippen LogP contribution in [0.4, 0.5) is 15.8 Å². The highest BCUT2D eigenvalue weighted by atomic mass is 19.1. The van der Waals surface area contributed by atoms with Crippen LogP contribution in [0.25, 0.3) is 0 Å². The van der Waals surface area contributed by atoms with Crippen molar-refractivity contribution in [3.05, 3.63) is 53.8 Å². The van der Waals surface area contributed by atoms with Gasteiger partial charge in [-0.05, 0) is 29.8 Å². The van der Waals surface area contributed by atoms with Gasteiger partial charge in [0.15, 0.2) is 0 Å². The second-order valence-electron chi connectivity index (χ2n) is 4.24. The molecule has 0 aliphatic rings. The molecule has 0 atom stereocenters. The second-order valence-corrected chi connectivity index (χ2v) is 4.24. The van der Waals surface area contributed by atoms with E-state index in [2.05, 4.69) is 5.32 Å². The van der Waals surface area contributed by atoms with E-state index in [4.69, 9.17) is 9.84 Å². The first-order chi connectivity index (χ1) is 9.58. The number of carboxylic acid groups (broad SMARTS) is 1. The Morgan fingerprint density at radius 2 is 1.95 bits per heavy atom. The lowest BCUT2D eigenvalue weighted by Gasteiger charge is -2.11. The van der Waals surface area contributed by atoms with Crippen LogP contribution in [0, 0.1) is 5.82 Å². The normalized spacial score (nSPS) is 10.1. The smallest absolute Gasteiger partial charge is 0.307 e. The minimum Gasteiger partial charge on any atom is -0.495 e. The Balaban J connectivity index is 2.17. The Bertz CT molecular complexity index is 611. The molecule has 0 unspecified atom stereocenters. The van der Waals surface area contributed by atoms with E-state index in [1.54, 1.807) is 24.3 Å². The van der Waals surface area contributed by atoms with Gasteiger partial charge in [-0.1, -0.05) is 12.1 Å². The van der Waals surface area contributed by atoms with Crippen LogP contribution in [-0.4, -0.2) is 18.2 Å². The van der Waals surface area contributed by atoms with Crippen molar-refractivity contribution in [2.24, 2.45) is 0 Å². The monoisotopic (exact) mass is 275 g/mol. The quantitative estimate of drug-likeness (QED) is 0.879. The summed E-state index contributed by atoms with van der Waals surface area (Å²) in [5.74, 6) is -0.714. The highest BCUT2D eigenvalue weighted by Gasteiger charge is 2.05. The van der Waals surface area contributed by atoms with Gasteiger partial charge in [0.05, 0.1) is 19.2 Å². The molecule has 2 rings (SSSR count). The number of halogens is 1. The van der Waals surface area contributed by atoms with Crippen LogP contribution in [0.2, 0.25) is 0 Å². The molecule has 2 N–H and O–H groups in total. The second kappa shape index (κ2) is 6.06. The van der Waals surface area contributed by atoms with E-state index < -0.39 is 5.97 Å². The van der Waals surface area contributed by atoms with Crippen molar-refractivity contribution in [1.82, 2.24) is 0 Å². The van der Waals surface area contributed by atoms with Gasteiger partial charge in [-0.25, -0.2) is 4.39 Å². The molecule has 2 aromatic rings. The summed E-state index contributed by atoms with van der Waals surface area (Å²) in [6, 6.07) is 11.1. The van der Waals surface area contributed by atoms with E-state index >= 15 is 0 Å². The highest BCUT2D eigenvalue weighted by molar-refractivity contribution is 5.71. The van der Waals surface area contributed by atoms with E-state index in [0.717, 1.165) is 5.69 Å². The number of aliphatic carboxylic acids is 1. The third-order valence-electron chi connectivity index (χ3n) is 2.75. The maximum atomic E-state index is 13.2. The number of benzene rings is 2. The molecule has 5 heteroatoms. The molecule has 104 valence electrons. The van der Waals surface area contributed by atoms with Crippen LogP contribution in [0.1, 0.15) is 5.56 Å². The van der Waals surface area contributed by atoms with Gasteiger partial charge >= 0.3 is 5.97 Å². The van der Waals surface area contributed by atoms with Crippen molar-refractivity contribution in [3.63, 3.8) is 0 Å². The molecule has 2 aromatic carbocycles. The number of hydrogen-bond acceptors (Lipinski definition) is 3. The molecule has 20 heavy (non-hydrogen) atoms. The van der Waals surface area contributed by atoms with Gasteiger partial charge in [0, 0.05) is 11.8 Å². The van der Waals surface area contributed by atoms with Gasteiger partial charge in [0.2, 0.25) is 0 Å². The van der Waals surface area contributed by atoms with Crippen LogP contribution < -0.4 is 10.1 Å². The minimum absolute atomic E-state index is 0.0242. The summed E-state index contributed by atoms with van der Waals surface area (Å²) < 4.78 is 18.4. The van der Waals surface area contributed by atoms with Gasteiger partial charge in [0.1, 0.15) is 11.6 Å². The first-order valence-corrected chi connectivity index (χ1v) is 6.00. The molecule has 0 aliphatic carbocycles. The fourth-order valence-electron chi connectivity index (χ4n) is 1.81. The molecule has 0 spiro atoms. The number of carbonyl (C=O) groups is 1. The van der Waals surface area contributed by atoms with Crippen LogP contribution in [0.5, 0.6) is 5.75 Å². The SMILES string of the molecule is COc1ccc(F)cc1Nc1ccc(CC(=O)O)cc1. The zero-order valence-corrected chi connectivity index (χ0v) is 10.9. The van der Waals surface area contributed by atoms with E-state index in [1.807, 2.05) is 0 Å². The minimum atomic E-state index is -0.877. The highest BCUT2D eigenvalue weighted by Crippen LogP contribution is 2.28. The molecule has 0 saturated carbocycles. The molecule has 0 heterocycles. The lowest BCUT2D eigenvalue weighted by molar-refractivity contribution is -0.136. The molecule has 0 aliphatic heterocycles. The van der Waals surface area contributed by atoms with Crippen LogP contribution in [-0.2, 0) is 11.2 Å². The summed E-state index contributed by atoms with van der Waals surface area (Å²) in [4.78, 5) is 10.6. The molecular formula is C15H14FNO3. The van der Waals surface area contributed by atoms with Gasteiger partial charge in [0.25, 0.3) is 0 Å². The summed E-state index contributed by atoms with van der Waals surface area (Å²) in [7, 11) is 1.51. The van der Waals surface area contributed by atoms with E-state index in [9.17, 15) is 9.18 Å². The maximum absolute atomic E-state index is 13.2. The van der Waals surface area contributed by atoms with Gasteiger partial charge in [-0.3, -0.25) is 4.79 Å². The van der Waals surface area contributed by atoms with Crippen molar-refractivity contribution >= 4 is 17.3 Å². The number of anilines is 2. The lowest BCUT2D eigenvalue weighted by atomic mass is 10.1. The summed E-state index contributed by atoms with van der Waals surface area (Å²) in [5, 5.41) is 11.7. The molecule has 0 radical (unpaired) electrons. The van der Waals surface area contributed by atoms with Crippen molar-refractivity contribution in [3.8, 4) is 5.75 Å². The van der Waals surface area contributed by atoms with E-state index in [0.29, 0.717) is 17.0 Å². The van der Waals surface area contributed by atoms with E-state index in [-0.39, 0.29) is 12.2 Å². The van der Waals surface area contributed by atoms with Crippen LogP contribution >= 0.6 is 0 Å². The van der Waals surface area contributed by atoms with Crippen molar-refractivity contribution in [2.45, 2.75) is 6.42 Å². The van der Waals surface area contributed by atoms with Crippen LogP contribution in [0.15, 0.2) is 42.5 Å². The molecule has 0 fully saturated rings. The van der Waals surface area contributed by atoms with E-state index in [1.165, 1.54) is 25.3 Å². The first kappa shape index (κ1) is 13.9. The molecule has 0 saturated heterocycles. The lowest BCUT2D eigenvalue weighted by Crippen LogP contribution is -2.00. The zero-order chi connectivity index (χ0) is 14.5. The summed E-state index contributed by atoms with van der Waals surface area (Å²) >= 11 is 0. The molecule has 4 nitrogen and oxygen atoms in total. The van der Waals surface area contributed by atoms with Crippen LogP contribution in [0.3, 0.4) is 0 Å². The molecule has 0 amide bonds. The Labute approximate surface area is 115 Å². The van der Waals surface area contributed by atoms with Crippen molar-refractivity contribution in [2.75, 3.05) is 12.4 Å². The number of carboxylic acids is 1. The third kappa shape index (κ3) is 3.47. The fourth-order valence-corrected chi connectivity index (χ4v) is 1.81. The average molecular weight is 275 g/mol. The number of methoxy groups -OCH3 is 1. The Morgan fingerprint density at radius 1 is 1.25 bits per heavy atom. The van der Waals surface area contributed by atoms with Crippen molar-refractivity contribution < 1.29 is 19.0 Å². The van der Waals surface area contributed by atoms with Gasteiger partial charge in [-0.2, -0.15) is 0 Å². The molecule has 0 aromatic heterocycles. The zero-order valence-electron chi connectivity index (χ0n) is 10.9. The molecule has 0 bridgehead atoms.